The van der Waals surface area contributed by atoms with Crippen molar-refractivity contribution in [2.75, 3.05) is 0 Å². The first kappa shape index (κ1) is 8.69. The van der Waals surface area contributed by atoms with E-state index in [4.69, 9.17) is 4.74 Å². The van der Waals surface area contributed by atoms with Crippen LogP contribution in [-0.4, -0.2) is 11.9 Å². The average molecular weight is 187 g/mol. The molecule has 70 valence electrons. The number of carbonyl (C=O) groups is 1. The van der Waals surface area contributed by atoms with Gasteiger partial charge in [-0.2, -0.15) is 0 Å². The number of carbonyl (C=O) groups excluding carboxylic acids is 1. The van der Waals surface area contributed by atoms with Crippen molar-refractivity contribution < 1.29 is 9.53 Å². The molecule has 1 aromatic rings. The largest absolute Gasteiger partial charge is 0.404 e. The molecular weight excluding hydrogens is 178 g/mol. The Morgan fingerprint density at radius 3 is 2.79 bits per heavy atom. The third kappa shape index (κ3) is 1.88. The van der Waals surface area contributed by atoms with Crippen molar-refractivity contribution in [3.8, 4) is 0 Å². The van der Waals surface area contributed by atoms with Crippen LogP contribution in [0.25, 0.3) is 0 Å². The fourth-order valence-electron chi connectivity index (χ4n) is 1.20. The fraction of sp³-hybridized carbons (Fsp3) is 0.0909. The van der Waals surface area contributed by atoms with E-state index in [1.165, 1.54) is 6.08 Å². The lowest BCUT2D eigenvalue weighted by Crippen LogP contribution is -1.98. The summed E-state index contributed by atoms with van der Waals surface area (Å²) in [5.41, 5.74) is 1.92. The van der Waals surface area contributed by atoms with Gasteiger partial charge in [0.15, 0.2) is 0 Å². The molecule has 0 unspecified atom stereocenters. The van der Waals surface area contributed by atoms with Gasteiger partial charge in [0.2, 0.25) is 5.90 Å². The number of cyclic esters (lactones) is 1. The predicted octanol–water partition coefficient (Wildman–Crippen LogP) is 2.14. The minimum Gasteiger partial charge on any atom is -0.404 e. The normalized spacial score (nSPS) is 17.5. The van der Waals surface area contributed by atoms with Crippen LogP contribution in [0.3, 0.4) is 0 Å². The Labute approximate surface area is 81.7 Å². The molecule has 1 heterocycles. The maximum Gasteiger partial charge on any atom is 0.337 e. The molecule has 0 saturated heterocycles. The molecule has 0 aromatic heterocycles. The van der Waals surface area contributed by atoms with Crippen LogP contribution >= 0.6 is 0 Å². The lowest BCUT2D eigenvalue weighted by atomic mass is 10.2. The number of aryl methyl sites for hydroxylation is 1. The molecule has 0 saturated carbocycles. The molecule has 0 fully saturated rings. The van der Waals surface area contributed by atoms with Gasteiger partial charge in [0, 0.05) is 12.2 Å². The number of rotatable bonds is 1. The Bertz CT molecular complexity index is 433. The number of nitrogens with zero attached hydrogens (tertiary/aromatic N) is 1. The summed E-state index contributed by atoms with van der Waals surface area (Å²) in [7, 11) is 0. The summed E-state index contributed by atoms with van der Waals surface area (Å²) in [5, 5.41) is 0. The molecule has 0 bridgehead atoms. The molecule has 0 amide bonds. The maximum atomic E-state index is 10.7. The molecule has 2 rings (SSSR count). The molecule has 1 aliphatic heterocycles. The second-order valence-corrected chi connectivity index (χ2v) is 3.04. The number of benzene rings is 1. The Kier molecular flexibility index (Phi) is 2.14. The van der Waals surface area contributed by atoms with Gasteiger partial charge in [0.25, 0.3) is 0 Å². The van der Waals surface area contributed by atoms with Crippen molar-refractivity contribution in [2.45, 2.75) is 6.92 Å². The van der Waals surface area contributed by atoms with Gasteiger partial charge in [-0.1, -0.05) is 12.1 Å². The van der Waals surface area contributed by atoms with Crippen molar-refractivity contribution in [2.24, 2.45) is 4.99 Å². The van der Waals surface area contributed by atoms with Gasteiger partial charge < -0.3 is 4.74 Å². The number of ether oxygens (including phenoxy) is 1. The van der Waals surface area contributed by atoms with Gasteiger partial charge >= 0.3 is 5.97 Å². The molecule has 1 aromatic carbocycles. The van der Waals surface area contributed by atoms with Crippen LogP contribution in [0.15, 0.2) is 41.4 Å². The molecule has 0 N–H and O–H groups in total. The van der Waals surface area contributed by atoms with E-state index >= 15 is 0 Å². The Balaban J connectivity index is 2.26. The standard InChI is InChI=1S/C11H9NO2/c1-8-3-2-4-9(7-8)12-10-5-6-11(13)14-10/h2-7H,1H3. The zero-order valence-electron chi connectivity index (χ0n) is 7.73. The minimum absolute atomic E-state index is 0.348. The maximum absolute atomic E-state index is 10.7. The van der Waals surface area contributed by atoms with Crippen molar-refractivity contribution in [3.63, 3.8) is 0 Å². The molecule has 14 heavy (non-hydrogen) atoms. The van der Waals surface area contributed by atoms with E-state index in [2.05, 4.69) is 4.99 Å². The average Bonchev–Trinajstić information content (AvgIpc) is 2.51. The van der Waals surface area contributed by atoms with Crippen LogP contribution in [0.5, 0.6) is 0 Å². The number of hydrogen-bond donors (Lipinski definition) is 0. The third-order valence-electron chi connectivity index (χ3n) is 1.81. The first-order valence-electron chi connectivity index (χ1n) is 4.29. The highest BCUT2D eigenvalue weighted by molar-refractivity contribution is 6.08. The topological polar surface area (TPSA) is 38.7 Å². The fourth-order valence-corrected chi connectivity index (χ4v) is 1.20. The number of esters is 1. The summed E-state index contributed by atoms with van der Waals surface area (Å²) < 4.78 is 4.81. The van der Waals surface area contributed by atoms with E-state index in [1.54, 1.807) is 6.08 Å². The van der Waals surface area contributed by atoms with Crippen molar-refractivity contribution in [1.29, 1.82) is 0 Å². The van der Waals surface area contributed by atoms with Crippen LogP contribution in [-0.2, 0) is 9.53 Å². The highest BCUT2D eigenvalue weighted by Crippen LogP contribution is 2.15. The monoisotopic (exact) mass is 187 g/mol. The van der Waals surface area contributed by atoms with Crippen molar-refractivity contribution in [1.82, 2.24) is 0 Å². The van der Waals surface area contributed by atoms with E-state index < -0.39 is 0 Å². The summed E-state index contributed by atoms with van der Waals surface area (Å²) in [5.74, 6) is -0.0167. The van der Waals surface area contributed by atoms with Crippen molar-refractivity contribution in [3.05, 3.63) is 42.0 Å². The summed E-state index contributed by atoms with van der Waals surface area (Å²) in [6.45, 7) is 1.99. The predicted molar refractivity (Wildman–Crippen MR) is 53.5 cm³/mol. The van der Waals surface area contributed by atoms with Gasteiger partial charge in [0.1, 0.15) is 0 Å². The molecule has 0 atom stereocenters. The first-order valence-corrected chi connectivity index (χ1v) is 4.29. The molecule has 3 nitrogen and oxygen atoms in total. The van der Waals surface area contributed by atoms with Gasteiger partial charge in [-0.05, 0) is 24.6 Å². The molecule has 1 aliphatic rings. The summed E-state index contributed by atoms with van der Waals surface area (Å²) >= 11 is 0. The molecule has 0 spiro atoms. The smallest absolute Gasteiger partial charge is 0.337 e. The Hall–Kier alpha value is -1.90. The van der Waals surface area contributed by atoms with Crippen LogP contribution in [0.1, 0.15) is 5.56 Å². The Morgan fingerprint density at radius 1 is 1.29 bits per heavy atom. The van der Waals surface area contributed by atoms with E-state index in [1.807, 2.05) is 31.2 Å². The van der Waals surface area contributed by atoms with Gasteiger partial charge in [-0.3, -0.25) is 0 Å². The van der Waals surface area contributed by atoms with E-state index in [9.17, 15) is 4.79 Å². The highest BCUT2D eigenvalue weighted by Gasteiger charge is 2.10. The molecular formula is C11H9NO2. The first-order chi connectivity index (χ1) is 6.74. The lowest BCUT2D eigenvalue weighted by molar-refractivity contribution is -0.129. The van der Waals surface area contributed by atoms with Gasteiger partial charge in [-0.25, -0.2) is 9.79 Å². The molecule has 3 heteroatoms. The molecule has 0 aliphatic carbocycles. The minimum atomic E-state index is -0.364. The zero-order chi connectivity index (χ0) is 9.97. The van der Waals surface area contributed by atoms with E-state index in [-0.39, 0.29) is 5.97 Å². The van der Waals surface area contributed by atoms with Crippen LogP contribution in [0, 0.1) is 6.92 Å². The highest BCUT2D eigenvalue weighted by atomic mass is 16.5. The second kappa shape index (κ2) is 3.46. The van der Waals surface area contributed by atoms with E-state index in [0.717, 1.165) is 11.3 Å². The quantitative estimate of drug-likeness (QED) is 0.632. The van der Waals surface area contributed by atoms with Crippen LogP contribution in [0.2, 0.25) is 0 Å². The number of hydrogen-bond acceptors (Lipinski definition) is 3. The summed E-state index contributed by atoms with van der Waals surface area (Å²) in [6.07, 6.45) is 2.92. The SMILES string of the molecule is Cc1cccc(N=C2C=CC(=O)O2)c1. The lowest BCUT2D eigenvalue weighted by Gasteiger charge is -1.97. The zero-order valence-corrected chi connectivity index (χ0v) is 7.73. The van der Waals surface area contributed by atoms with Crippen molar-refractivity contribution >= 4 is 17.6 Å². The Morgan fingerprint density at radius 2 is 2.14 bits per heavy atom. The van der Waals surface area contributed by atoms with E-state index in [0.29, 0.717) is 5.90 Å². The third-order valence-corrected chi connectivity index (χ3v) is 1.81. The summed E-state index contributed by atoms with van der Waals surface area (Å²) in [6, 6.07) is 7.68. The molecule has 0 radical (unpaired) electrons. The number of aliphatic imine (C=N–C) groups is 1. The summed E-state index contributed by atoms with van der Waals surface area (Å²) in [4.78, 5) is 14.9. The van der Waals surface area contributed by atoms with Crippen LogP contribution in [0.4, 0.5) is 5.69 Å². The van der Waals surface area contributed by atoms with Gasteiger partial charge in [-0.15, -0.1) is 0 Å². The van der Waals surface area contributed by atoms with Gasteiger partial charge in [0.05, 0.1) is 5.69 Å². The second-order valence-electron chi connectivity index (χ2n) is 3.04. The van der Waals surface area contributed by atoms with Crippen LogP contribution < -0.4 is 0 Å².